The Hall–Kier alpha value is -2.57. The Morgan fingerprint density at radius 3 is 2.76 bits per heavy atom. The lowest BCUT2D eigenvalue weighted by atomic mass is 10.1. The van der Waals surface area contributed by atoms with E-state index in [0.717, 1.165) is 46.6 Å². The number of fused-ring (bicyclic) bond motifs is 1. The van der Waals surface area contributed by atoms with Gasteiger partial charge in [-0.05, 0) is 25.5 Å². The van der Waals surface area contributed by atoms with Gasteiger partial charge >= 0.3 is 0 Å². The summed E-state index contributed by atoms with van der Waals surface area (Å²) < 4.78 is 2.23. The highest BCUT2D eigenvalue weighted by Gasteiger charge is 2.17. The normalized spacial score (nSPS) is 11.2. The van der Waals surface area contributed by atoms with Gasteiger partial charge in [0, 0.05) is 23.7 Å². The molecule has 0 saturated heterocycles. The number of hydrogen-bond acceptors (Lipinski definition) is 5. The van der Waals surface area contributed by atoms with Crippen molar-refractivity contribution in [2.45, 2.75) is 19.4 Å². The molecule has 0 saturated carbocycles. The van der Waals surface area contributed by atoms with Crippen molar-refractivity contribution in [3.05, 3.63) is 55.2 Å². The van der Waals surface area contributed by atoms with Crippen LogP contribution in [0.3, 0.4) is 0 Å². The molecule has 0 amide bonds. The predicted molar refractivity (Wildman–Crippen MR) is 102 cm³/mol. The Morgan fingerprint density at radius 1 is 1.08 bits per heavy atom. The van der Waals surface area contributed by atoms with Crippen LogP contribution in [0.2, 0.25) is 0 Å². The summed E-state index contributed by atoms with van der Waals surface area (Å²) in [6.07, 6.45) is 7.44. The maximum atomic E-state index is 5.65. The number of imidazole rings is 1. The summed E-state index contributed by atoms with van der Waals surface area (Å²) in [5.74, 6) is 0. The number of hydrogen-bond donors (Lipinski definition) is 1. The summed E-state index contributed by atoms with van der Waals surface area (Å²) in [7, 11) is 0. The van der Waals surface area contributed by atoms with Crippen LogP contribution in [0.15, 0.2) is 55.2 Å². The van der Waals surface area contributed by atoms with Crippen LogP contribution in [0.1, 0.15) is 12.8 Å². The fourth-order valence-electron chi connectivity index (χ4n) is 2.95. The third kappa shape index (κ3) is 3.18. The van der Waals surface area contributed by atoms with Gasteiger partial charge in [-0.25, -0.2) is 15.0 Å². The standard InChI is InChI=1S/C19H19N5S/c20-8-4-5-9-24-13-23-17(14-6-2-1-3-7-14)18(24)16-10-15-11-21-12-22-19(15)25-16/h1-3,6-7,10-13H,4-5,8-9,20H2. The minimum atomic E-state index is 0.716. The first-order valence-corrected chi connectivity index (χ1v) is 9.19. The van der Waals surface area contributed by atoms with E-state index in [0.29, 0.717) is 6.54 Å². The van der Waals surface area contributed by atoms with Crippen LogP contribution in [-0.4, -0.2) is 26.1 Å². The van der Waals surface area contributed by atoms with Gasteiger partial charge < -0.3 is 10.3 Å². The first-order valence-electron chi connectivity index (χ1n) is 8.37. The number of rotatable bonds is 6. The van der Waals surface area contributed by atoms with E-state index in [4.69, 9.17) is 10.7 Å². The monoisotopic (exact) mass is 349 g/mol. The Kier molecular flexibility index (Phi) is 4.54. The van der Waals surface area contributed by atoms with Gasteiger partial charge in [0.15, 0.2) is 0 Å². The molecule has 0 atom stereocenters. The number of thiophene rings is 1. The molecular formula is C19H19N5S. The van der Waals surface area contributed by atoms with Crippen molar-refractivity contribution in [2.75, 3.05) is 6.54 Å². The zero-order valence-corrected chi connectivity index (χ0v) is 14.6. The van der Waals surface area contributed by atoms with E-state index in [-0.39, 0.29) is 0 Å². The molecular weight excluding hydrogens is 330 g/mol. The lowest BCUT2D eigenvalue weighted by Crippen LogP contribution is -2.03. The minimum absolute atomic E-state index is 0.716. The molecule has 0 aliphatic rings. The van der Waals surface area contributed by atoms with Gasteiger partial charge in [-0.2, -0.15) is 0 Å². The molecule has 5 nitrogen and oxygen atoms in total. The van der Waals surface area contributed by atoms with E-state index >= 15 is 0 Å². The average Bonchev–Trinajstić information content (AvgIpc) is 3.26. The van der Waals surface area contributed by atoms with E-state index in [1.807, 2.05) is 30.7 Å². The van der Waals surface area contributed by atoms with Crippen molar-refractivity contribution in [3.8, 4) is 21.8 Å². The largest absolute Gasteiger partial charge is 0.330 e. The van der Waals surface area contributed by atoms with Crippen molar-refractivity contribution in [1.82, 2.24) is 19.5 Å². The van der Waals surface area contributed by atoms with E-state index in [1.165, 1.54) is 4.88 Å². The van der Waals surface area contributed by atoms with Crippen LogP contribution in [0.25, 0.3) is 32.0 Å². The molecule has 25 heavy (non-hydrogen) atoms. The van der Waals surface area contributed by atoms with Gasteiger partial charge in [0.05, 0.1) is 22.6 Å². The number of nitrogens with zero attached hydrogens (tertiary/aromatic N) is 4. The van der Waals surface area contributed by atoms with E-state index in [1.54, 1.807) is 17.7 Å². The fourth-order valence-corrected chi connectivity index (χ4v) is 3.98. The van der Waals surface area contributed by atoms with Gasteiger partial charge in [-0.3, -0.25) is 0 Å². The van der Waals surface area contributed by atoms with Crippen LogP contribution < -0.4 is 5.73 Å². The van der Waals surface area contributed by atoms with Crippen molar-refractivity contribution in [3.63, 3.8) is 0 Å². The van der Waals surface area contributed by atoms with Crippen molar-refractivity contribution in [1.29, 1.82) is 0 Å². The first kappa shape index (κ1) is 15.9. The first-order chi connectivity index (χ1) is 12.4. The van der Waals surface area contributed by atoms with Crippen LogP contribution in [0.4, 0.5) is 0 Å². The summed E-state index contributed by atoms with van der Waals surface area (Å²) in [6.45, 7) is 1.63. The molecule has 0 aliphatic carbocycles. The number of benzene rings is 1. The average molecular weight is 349 g/mol. The molecule has 0 fully saturated rings. The van der Waals surface area contributed by atoms with Gasteiger partial charge in [0.25, 0.3) is 0 Å². The highest BCUT2D eigenvalue weighted by Crippen LogP contribution is 2.37. The summed E-state index contributed by atoms with van der Waals surface area (Å²) >= 11 is 1.68. The van der Waals surface area contributed by atoms with Gasteiger partial charge in [-0.1, -0.05) is 30.3 Å². The number of unbranched alkanes of at least 4 members (excludes halogenated alkanes) is 1. The third-order valence-electron chi connectivity index (χ3n) is 4.17. The minimum Gasteiger partial charge on any atom is -0.330 e. The zero-order chi connectivity index (χ0) is 17.1. The molecule has 3 aromatic heterocycles. The lowest BCUT2D eigenvalue weighted by Gasteiger charge is -2.08. The van der Waals surface area contributed by atoms with Gasteiger partial charge in [0.1, 0.15) is 11.2 Å². The van der Waals surface area contributed by atoms with E-state index in [9.17, 15) is 0 Å². The fraction of sp³-hybridized carbons (Fsp3) is 0.211. The summed E-state index contributed by atoms with van der Waals surface area (Å²) in [5, 5.41) is 1.07. The molecule has 0 spiro atoms. The zero-order valence-electron chi connectivity index (χ0n) is 13.8. The second-order valence-electron chi connectivity index (χ2n) is 5.89. The van der Waals surface area contributed by atoms with Crippen LogP contribution in [0.5, 0.6) is 0 Å². The predicted octanol–water partition coefficient (Wildman–Crippen LogP) is 3.96. The summed E-state index contributed by atoms with van der Waals surface area (Å²) in [4.78, 5) is 15.4. The van der Waals surface area contributed by atoms with Crippen molar-refractivity contribution < 1.29 is 0 Å². The molecule has 0 bridgehead atoms. The Morgan fingerprint density at radius 2 is 1.96 bits per heavy atom. The van der Waals surface area contributed by atoms with Crippen LogP contribution in [0, 0.1) is 0 Å². The summed E-state index contributed by atoms with van der Waals surface area (Å²) in [6, 6.07) is 12.5. The highest BCUT2D eigenvalue weighted by molar-refractivity contribution is 7.21. The van der Waals surface area contributed by atoms with E-state index in [2.05, 4.69) is 32.7 Å². The Balaban J connectivity index is 1.83. The molecule has 6 heteroatoms. The molecule has 4 rings (SSSR count). The second kappa shape index (κ2) is 7.13. The topological polar surface area (TPSA) is 69.6 Å². The maximum Gasteiger partial charge on any atom is 0.127 e. The number of aryl methyl sites for hydroxylation is 1. The molecule has 4 aromatic rings. The Bertz CT molecular complexity index is 941. The molecule has 0 unspecified atom stereocenters. The maximum absolute atomic E-state index is 5.65. The molecule has 0 aliphatic heterocycles. The van der Waals surface area contributed by atoms with Gasteiger partial charge in [0.2, 0.25) is 0 Å². The molecule has 126 valence electrons. The summed E-state index contributed by atoms with van der Waals surface area (Å²) in [5.41, 5.74) is 8.93. The van der Waals surface area contributed by atoms with Gasteiger partial charge in [-0.15, -0.1) is 11.3 Å². The highest BCUT2D eigenvalue weighted by atomic mass is 32.1. The molecule has 0 radical (unpaired) electrons. The molecule has 3 heterocycles. The van der Waals surface area contributed by atoms with Crippen LogP contribution in [-0.2, 0) is 6.54 Å². The van der Waals surface area contributed by atoms with E-state index < -0.39 is 0 Å². The molecule has 2 N–H and O–H groups in total. The van der Waals surface area contributed by atoms with Crippen molar-refractivity contribution >= 4 is 21.6 Å². The van der Waals surface area contributed by atoms with Crippen LogP contribution >= 0.6 is 11.3 Å². The Labute approximate surface area is 150 Å². The van der Waals surface area contributed by atoms with Crippen molar-refractivity contribution in [2.24, 2.45) is 5.73 Å². The number of nitrogens with two attached hydrogens (primary N) is 1. The number of aromatic nitrogens is 4. The lowest BCUT2D eigenvalue weighted by molar-refractivity contribution is 0.619. The smallest absolute Gasteiger partial charge is 0.127 e. The second-order valence-corrected chi connectivity index (χ2v) is 6.92. The SMILES string of the molecule is NCCCCn1cnc(-c2ccccc2)c1-c1cc2cncnc2s1. The quantitative estimate of drug-likeness (QED) is 0.535. The third-order valence-corrected chi connectivity index (χ3v) is 5.23. The molecule has 1 aromatic carbocycles.